The van der Waals surface area contributed by atoms with Crippen LogP contribution >= 0.6 is 15.9 Å². The van der Waals surface area contributed by atoms with Gasteiger partial charge in [-0.15, -0.1) is 0 Å². The van der Waals surface area contributed by atoms with Crippen molar-refractivity contribution >= 4 is 31.9 Å². The summed E-state index contributed by atoms with van der Waals surface area (Å²) in [4.78, 5) is 12.0. The molecule has 134 valence electrons. The van der Waals surface area contributed by atoms with Crippen molar-refractivity contribution in [1.29, 1.82) is 0 Å². The van der Waals surface area contributed by atoms with Gasteiger partial charge in [-0.1, -0.05) is 0 Å². The fraction of sp³-hybridized carbons (Fsp3) is 0.533. The Hall–Kier alpha value is -1.06. The van der Waals surface area contributed by atoms with Crippen molar-refractivity contribution in [1.82, 2.24) is 4.72 Å². The maximum absolute atomic E-state index is 14.0. The summed E-state index contributed by atoms with van der Waals surface area (Å²) in [5, 5.41) is 0. The molecule has 0 aliphatic heterocycles. The van der Waals surface area contributed by atoms with Crippen LogP contribution in [0.25, 0.3) is 0 Å². The first-order valence-electron chi connectivity index (χ1n) is 7.52. The van der Waals surface area contributed by atoms with Crippen LogP contribution in [0.15, 0.2) is 16.6 Å². The van der Waals surface area contributed by atoms with Crippen LogP contribution in [-0.4, -0.2) is 26.1 Å². The summed E-state index contributed by atoms with van der Waals surface area (Å²) in [6.07, 6.45) is 0.965. The van der Waals surface area contributed by atoms with Crippen LogP contribution in [0.1, 0.15) is 31.7 Å². The van der Waals surface area contributed by atoms with Crippen LogP contribution in [0.3, 0.4) is 0 Å². The average molecular weight is 425 g/mol. The largest absolute Gasteiger partial charge is 0.369 e. The summed E-state index contributed by atoms with van der Waals surface area (Å²) in [5.41, 5.74) is 4.64. The second kappa shape index (κ2) is 7.05. The number of benzene rings is 1. The highest BCUT2D eigenvalue weighted by molar-refractivity contribution is 9.10. The molecule has 1 saturated carbocycles. The number of halogens is 3. The molecule has 0 heterocycles. The first-order valence-corrected chi connectivity index (χ1v) is 9.96. The van der Waals surface area contributed by atoms with E-state index in [2.05, 4.69) is 20.7 Å². The predicted molar refractivity (Wildman–Crippen MR) is 89.6 cm³/mol. The van der Waals surface area contributed by atoms with Gasteiger partial charge in [-0.2, -0.15) is 0 Å². The first-order chi connectivity index (χ1) is 11.1. The zero-order valence-corrected chi connectivity index (χ0v) is 15.5. The van der Waals surface area contributed by atoms with Gasteiger partial charge < -0.3 is 5.73 Å². The van der Waals surface area contributed by atoms with E-state index in [1.54, 1.807) is 0 Å². The van der Waals surface area contributed by atoms with Crippen molar-refractivity contribution in [3.8, 4) is 0 Å². The summed E-state index contributed by atoms with van der Waals surface area (Å²) in [7, 11) is -3.41. The monoisotopic (exact) mass is 424 g/mol. The molecule has 24 heavy (non-hydrogen) atoms. The molecule has 3 N–H and O–H groups in total. The van der Waals surface area contributed by atoms with E-state index in [0.717, 1.165) is 6.07 Å². The van der Waals surface area contributed by atoms with E-state index in [-0.39, 0.29) is 28.6 Å². The Kier molecular flexibility index (Phi) is 5.66. The molecule has 0 bridgehead atoms. The summed E-state index contributed by atoms with van der Waals surface area (Å²) >= 11 is 3.00. The number of rotatable bonds is 6. The molecule has 2 rings (SSSR count). The lowest BCUT2D eigenvalue weighted by Crippen LogP contribution is -2.40. The van der Waals surface area contributed by atoms with Gasteiger partial charge in [0.25, 0.3) is 0 Å². The summed E-state index contributed by atoms with van der Waals surface area (Å²) in [5.74, 6) is -2.16. The van der Waals surface area contributed by atoms with Crippen LogP contribution in [0.5, 0.6) is 0 Å². The minimum atomic E-state index is -3.41. The van der Waals surface area contributed by atoms with Gasteiger partial charge in [-0.3, -0.25) is 4.79 Å². The summed E-state index contributed by atoms with van der Waals surface area (Å²) in [6, 6.07) is 1.62. The number of hydrogen-bond donors (Lipinski definition) is 2. The van der Waals surface area contributed by atoms with Crippen LogP contribution in [0.4, 0.5) is 8.78 Å². The predicted octanol–water partition coefficient (Wildman–Crippen LogP) is 2.23. The Morgan fingerprint density at radius 1 is 1.42 bits per heavy atom. The highest BCUT2D eigenvalue weighted by Crippen LogP contribution is 2.42. The molecule has 1 aromatic rings. The van der Waals surface area contributed by atoms with Crippen LogP contribution in [0.2, 0.25) is 0 Å². The highest BCUT2D eigenvalue weighted by atomic mass is 79.9. The number of sulfonamides is 1. The molecule has 1 fully saturated rings. The van der Waals surface area contributed by atoms with Crippen molar-refractivity contribution < 1.29 is 22.0 Å². The van der Waals surface area contributed by atoms with Gasteiger partial charge in [0.05, 0.1) is 15.6 Å². The van der Waals surface area contributed by atoms with Crippen LogP contribution < -0.4 is 10.5 Å². The van der Waals surface area contributed by atoms with E-state index < -0.39 is 39.0 Å². The standard InChI is InChI=1S/C15H19BrF2N2O3S/c1-2-24(22,23)20-10-3-4-15(8-10,14(19)21)7-9-5-11(16)13(18)6-12(9)17/h5-6,10,20H,2-4,7-8H2,1H3,(H2,19,21)/t10-,15+/m0/s1. The SMILES string of the molecule is CCS(=O)(=O)N[C@H]1CC[C@](Cc2cc(Br)c(F)cc2F)(C(N)=O)C1. The van der Waals surface area contributed by atoms with Crippen molar-refractivity contribution in [3.05, 3.63) is 33.8 Å². The normalized spacial score (nSPS) is 24.2. The molecule has 5 nitrogen and oxygen atoms in total. The van der Waals surface area contributed by atoms with Crippen molar-refractivity contribution in [2.75, 3.05) is 5.75 Å². The zero-order chi connectivity index (χ0) is 18.1. The molecular formula is C15H19BrF2N2O3S. The topological polar surface area (TPSA) is 89.3 Å². The van der Waals surface area contributed by atoms with Gasteiger partial charge in [-0.05, 0) is 60.2 Å². The molecule has 0 radical (unpaired) electrons. The number of nitrogens with one attached hydrogen (secondary N) is 1. The molecule has 0 aromatic heterocycles. The van der Waals surface area contributed by atoms with Gasteiger partial charge in [0.2, 0.25) is 15.9 Å². The molecule has 0 saturated heterocycles. The van der Waals surface area contributed by atoms with Crippen LogP contribution in [0, 0.1) is 17.0 Å². The number of amides is 1. The van der Waals surface area contributed by atoms with Crippen molar-refractivity contribution in [2.45, 2.75) is 38.6 Å². The number of carbonyl (C=O) groups excluding carboxylic acids is 1. The molecule has 1 aromatic carbocycles. The Morgan fingerprint density at radius 3 is 2.67 bits per heavy atom. The quantitative estimate of drug-likeness (QED) is 0.686. The van der Waals surface area contributed by atoms with Gasteiger partial charge in [0.1, 0.15) is 11.6 Å². The first kappa shape index (κ1) is 19.3. The van der Waals surface area contributed by atoms with E-state index in [1.165, 1.54) is 13.0 Å². The number of hydrogen-bond acceptors (Lipinski definition) is 3. The molecule has 1 amide bonds. The molecule has 9 heteroatoms. The molecule has 1 aliphatic carbocycles. The third-order valence-corrected chi connectivity index (χ3v) is 6.54. The molecule has 0 spiro atoms. The fourth-order valence-electron chi connectivity index (χ4n) is 3.10. The molecule has 2 atom stereocenters. The molecule has 0 unspecified atom stereocenters. The van der Waals surface area contributed by atoms with Crippen LogP contribution in [-0.2, 0) is 21.2 Å². The maximum Gasteiger partial charge on any atom is 0.224 e. The summed E-state index contributed by atoms with van der Waals surface area (Å²) < 4.78 is 53.4. The smallest absolute Gasteiger partial charge is 0.224 e. The lowest BCUT2D eigenvalue weighted by Gasteiger charge is -2.26. The van der Waals surface area contributed by atoms with E-state index in [9.17, 15) is 22.0 Å². The Balaban J connectivity index is 2.25. The van der Waals surface area contributed by atoms with E-state index in [4.69, 9.17) is 5.73 Å². The van der Waals surface area contributed by atoms with E-state index in [0.29, 0.717) is 12.8 Å². The Bertz CT molecular complexity index is 757. The second-order valence-electron chi connectivity index (χ2n) is 6.14. The molecular weight excluding hydrogens is 406 g/mol. The maximum atomic E-state index is 14.0. The van der Waals surface area contributed by atoms with Gasteiger partial charge >= 0.3 is 0 Å². The minimum absolute atomic E-state index is 0.00258. The third kappa shape index (κ3) is 4.12. The molecule has 1 aliphatic rings. The number of primary amides is 1. The lowest BCUT2D eigenvalue weighted by molar-refractivity contribution is -0.127. The van der Waals surface area contributed by atoms with Gasteiger partial charge in [0.15, 0.2) is 0 Å². The fourth-order valence-corrected chi connectivity index (χ4v) is 4.37. The number of carbonyl (C=O) groups is 1. The number of nitrogens with two attached hydrogens (primary N) is 1. The zero-order valence-electron chi connectivity index (χ0n) is 13.1. The Morgan fingerprint density at radius 2 is 2.08 bits per heavy atom. The highest BCUT2D eigenvalue weighted by Gasteiger charge is 2.45. The van der Waals surface area contributed by atoms with Gasteiger partial charge in [-0.25, -0.2) is 21.9 Å². The summed E-state index contributed by atoms with van der Waals surface area (Å²) in [6.45, 7) is 1.52. The lowest BCUT2D eigenvalue weighted by atomic mass is 9.79. The average Bonchev–Trinajstić information content (AvgIpc) is 2.88. The van der Waals surface area contributed by atoms with Crippen molar-refractivity contribution in [2.24, 2.45) is 11.1 Å². The minimum Gasteiger partial charge on any atom is -0.369 e. The Labute approximate surface area is 148 Å². The van der Waals surface area contributed by atoms with E-state index in [1.807, 2.05) is 0 Å². The van der Waals surface area contributed by atoms with E-state index >= 15 is 0 Å². The third-order valence-electron chi connectivity index (χ3n) is 4.48. The van der Waals surface area contributed by atoms with Crippen molar-refractivity contribution in [3.63, 3.8) is 0 Å². The van der Waals surface area contributed by atoms with Gasteiger partial charge in [0, 0.05) is 12.1 Å². The second-order valence-corrected chi connectivity index (χ2v) is 9.04.